The fourth-order valence-corrected chi connectivity index (χ4v) is 2.23. The molecule has 0 aliphatic carbocycles. The first-order valence-electron chi connectivity index (χ1n) is 7.59. The highest BCUT2D eigenvalue weighted by atomic mass is 16.5. The average Bonchev–Trinajstić information content (AvgIpc) is 2.46. The van der Waals surface area contributed by atoms with Gasteiger partial charge in [0.25, 0.3) is 0 Å². The third kappa shape index (κ3) is 4.08. The summed E-state index contributed by atoms with van der Waals surface area (Å²) in [4.78, 5) is 0. The van der Waals surface area contributed by atoms with Crippen LogP contribution in [0.15, 0.2) is 36.4 Å². The lowest BCUT2D eigenvalue weighted by Crippen LogP contribution is -2.21. The Morgan fingerprint density at radius 2 is 1.67 bits per heavy atom. The van der Waals surface area contributed by atoms with Crippen LogP contribution in [0.1, 0.15) is 35.6 Å². The topological polar surface area (TPSA) is 35.2 Å². The van der Waals surface area contributed by atoms with Crippen LogP contribution in [0.2, 0.25) is 0 Å². The summed E-state index contributed by atoms with van der Waals surface area (Å²) in [7, 11) is 0. The van der Waals surface area contributed by atoms with Crippen LogP contribution in [-0.4, -0.2) is 6.04 Å². The van der Waals surface area contributed by atoms with E-state index in [9.17, 15) is 0 Å². The zero-order chi connectivity index (χ0) is 15.4. The monoisotopic (exact) mass is 283 g/mol. The van der Waals surface area contributed by atoms with Gasteiger partial charge in [0.1, 0.15) is 11.5 Å². The summed E-state index contributed by atoms with van der Waals surface area (Å²) >= 11 is 0. The summed E-state index contributed by atoms with van der Waals surface area (Å²) in [6, 6.07) is 12.8. The molecule has 2 rings (SSSR count). The van der Waals surface area contributed by atoms with Gasteiger partial charge >= 0.3 is 0 Å². The Morgan fingerprint density at radius 3 is 2.33 bits per heavy atom. The molecular weight excluding hydrogens is 258 g/mol. The standard InChI is InChI=1S/C19H25NO/c1-5-17(20)11-16-8-6-14(3)19(12-16)21-18-9-7-13(2)15(4)10-18/h6-10,12,17H,5,11,20H2,1-4H3. The maximum Gasteiger partial charge on any atom is 0.130 e. The summed E-state index contributed by atoms with van der Waals surface area (Å²) in [6.45, 7) is 8.40. The number of hydrogen-bond donors (Lipinski definition) is 1. The molecule has 2 N–H and O–H groups in total. The van der Waals surface area contributed by atoms with Crippen LogP contribution in [0.5, 0.6) is 11.5 Å². The molecule has 0 saturated carbocycles. The van der Waals surface area contributed by atoms with Gasteiger partial charge in [-0.15, -0.1) is 0 Å². The third-order valence-electron chi connectivity index (χ3n) is 3.98. The molecule has 2 aromatic carbocycles. The van der Waals surface area contributed by atoms with E-state index in [1.54, 1.807) is 0 Å². The quantitative estimate of drug-likeness (QED) is 0.864. The van der Waals surface area contributed by atoms with Gasteiger partial charge in [0.2, 0.25) is 0 Å². The third-order valence-corrected chi connectivity index (χ3v) is 3.98. The lowest BCUT2D eigenvalue weighted by molar-refractivity contribution is 0.477. The second-order valence-electron chi connectivity index (χ2n) is 5.82. The summed E-state index contributed by atoms with van der Waals surface area (Å²) in [5.74, 6) is 1.80. The van der Waals surface area contributed by atoms with E-state index >= 15 is 0 Å². The summed E-state index contributed by atoms with van der Waals surface area (Å²) in [5.41, 5.74) is 10.9. The van der Waals surface area contributed by atoms with Crippen molar-refractivity contribution in [2.75, 3.05) is 0 Å². The van der Waals surface area contributed by atoms with Crippen molar-refractivity contribution in [2.24, 2.45) is 5.73 Å². The van der Waals surface area contributed by atoms with E-state index in [4.69, 9.17) is 10.5 Å². The number of aryl methyl sites for hydroxylation is 3. The van der Waals surface area contributed by atoms with Crippen LogP contribution in [-0.2, 0) is 6.42 Å². The molecule has 0 amide bonds. The Balaban J connectivity index is 2.22. The molecule has 0 aliphatic heterocycles. The normalized spacial score (nSPS) is 12.2. The van der Waals surface area contributed by atoms with Gasteiger partial charge in [0.15, 0.2) is 0 Å². The molecule has 112 valence electrons. The highest BCUT2D eigenvalue weighted by molar-refractivity contribution is 5.42. The van der Waals surface area contributed by atoms with Crippen LogP contribution in [0.4, 0.5) is 0 Å². The lowest BCUT2D eigenvalue weighted by atomic mass is 10.0. The first-order chi connectivity index (χ1) is 9.99. The molecule has 0 bridgehead atoms. The van der Waals surface area contributed by atoms with Crippen molar-refractivity contribution in [3.63, 3.8) is 0 Å². The van der Waals surface area contributed by atoms with Crippen LogP contribution in [0.25, 0.3) is 0 Å². The molecule has 0 aliphatic rings. The van der Waals surface area contributed by atoms with Gasteiger partial charge in [0.05, 0.1) is 0 Å². The average molecular weight is 283 g/mol. The largest absolute Gasteiger partial charge is 0.457 e. The molecule has 2 heteroatoms. The predicted octanol–water partition coefficient (Wildman–Crippen LogP) is 4.68. The molecule has 0 saturated heterocycles. The summed E-state index contributed by atoms with van der Waals surface area (Å²) in [6.07, 6.45) is 1.88. The summed E-state index contributed by atoms with van der Waals surface area (Å²) < 4.78 is 6.06. The van der Waals surface area contributed by atoms with E-state index in [0.717, 1.165) is 29.9 Å². The van der Waals surface area contributed by atoms with E-state index in [1.807, 2.05) is 6.07 Å². The first kappa shape index (κ1) is 15.6. The van der Waals surface area contributed by atoms with Crippen LogP contribution < -0.4 is 10.5 Å². The number of ether oxygens (including phenoxy) is 1. The van der Waals surface area contributed by atoms with E-state index in [1.165, 1.54) is 16.7 Å². The van der Waals surface area contributed by atoms with Crippen LogP contribution >= 0.6 is 0 Å². The molecule has 0 spiro atoms. The number of hydrogen-bond acceptors (Lipinski definition) is 2. The second-order valence-corrected chi connectivity index (χ2v) is 5.82. The van der Waals surface area contributed by atoms with Gasteiger partial charge in [-0.1, -0.05) is 25.1 Å². The molecule has 0 heterocycles. The maximum absolute atomic E-state index is 6.06. The van der Waals surface area contributed by atoms with Gasteiger partial charge in [-0.25, -0.2) is 0 Å². The zero-order valence-corrected chi connectivity index (χ0v) is 13.4. The molecule has 0 fully saturated rings. The highest BCUT2D eigenvalue weighted by Crippen LogP contribution is 2.28. The Morgan fingerprint density at radius 1 is 0.952 bits per heavy atom. The van der Waals surface area contributed by atoms with Crippen LogP contribution in [0.3, 0.4) is 0 Å². The van der Waals surface area contributed by atoms with Gasteiger partial charge in [0, 0.05) is 6.04 Å². The second kappa shape index (κ2) is 6.77. The van der Waals surface area contributed by atoms with Crippen molar-refractivity contribution in [2.45, 2.75) is 46.6 Å². The van der Waals surface area contributed by atoms with E-state index in [0.29, 0.717) is 0 Å². The molecule has 2 aromatic rings. The van der Waals surface area contributed by atoms with Crippen molar-refractivity contribution in [1.82, 2.24) is 0 Å². The van der Waals surface area contributed by atoms with E-state index < -0.39 is 0 Å². The smallest absolute Gasteiger partial charge is 0.130 e. The Kier molecular flexibility index (Phi) is 5.03. The Hall–Kier alpha value is -1.80. The van der Waals surface area contributed by atoms with Crippen molar-refractivity contribution in [3.8, 4) is 11.5 Å². The van der Waals surface area contributed by atoms with Gasteiger partial charge < -0.3 is 10.5 Å². The van der Waals surface area contributed by atoms with Crippen LogP contribution in [0, 0.1) is 20.8 Å². The Bertz CT molecular complexity index is 619. The van der Waals surface area contributed by atoms with Crippen molar-refractivity contribution >= 4 is 0 Å². The molecular formula is C19H25NO. The zero-order valence-electron chi connectivity index (χ0n) is 13.4. The fourth-order valence-electron chi connectivity index (χ4n) is 2.23. The Labute approximate surface area is 127 Å². The SMILES string of the molecule is CCC(N)Cc1ccc(C)c(Oc2ccc(C)c(C)c2)c1. The lowest BCUT2D eigenvalue weighted by Gasteiger charge is -2.14. The van der Waals surface area contributed by atoms with E-state index in [-0.39, 0.29) is 6.04 Å². The van der Waals surface area contributed by atoms with Crippen molar-refractivity contribution in [3.05, 3.63) is 58.7 Å². The molecule has 0 aromatic heterocycles. The number of benzene rings is 2. The first-order valence-corrected chi connectivity index (χ1v) is 7.59. The minimum absolute atomic E-state index is 0.210. The molecule has 21 heavy (non-hydrogen) atoms. The van der Waals surface area contributed by atoms with Crippen molar-refractivity contribution < 1.29 is 4.74 Å². The van der Waals surface area contributed by atoms with Gasteiger partial charge in [-0.05, 0) is 74.1 Å². The fraction of sp³-hybridized carbons (Fsp3) is 0.368. The predicted molar refractivity (Wildman–Crippen MR) is 89.1 cm³/mol. The van der Waals surface area contributed by atoms with Gasteiger partial charge in [-0.3, -0.25) is 0 Å². The molecule has 2 nitrogen and oxygen atoms in total. The summed E-state index contributed by atoms with van der Waals surface area (Å²) in [5, 5.41) is 0. The number of rotatable bonds is 5. The number of nitrogens with two attached hydrogens (primary N) is 1. The minimum Gasteiger partial charge on any atom is -0.457 e. The van der Waals surface area contributed by atoms with Crippen molar-refractivity contribution in [1.29, 1.82) is 0 Å². The molecule has 1 unspecified atom stereocenters. The molecule has 1 atom stereocenters. The maximum atomic E-state index is 6.06. The molecule has 0 radical (unpaired) electrons. The highest BCUT2D eigenvalue weighted by Gasteiger charge is 2.07. The minimum atomic E-state index is 0.210. The van der Waals surface area contributed by atoms with Gasteiger partial charge in [-0.2, -0.15) is 0 Å². The van der Waals surface area contributed by atoms with E-state index in [2.05, 4.69) is 58.0 Å².